The number of halogens is 7. The van der Waals surface area contributed by atoms with Crippen molar-refractivity contribution < 1.29 is 79.2 Å². The number of carboxylic acids is 2. The number of nitrogens with one attached hydrogen (secondary N) is 1. The lowest BCUT2D eigenvalue weighted by Gasteiger charge is -2.31. The Morgan fingerprint density at radius 2 is 1.26 bits per heavy atom. The maximum Gasteiger partial charge on any atom is 0.471 e. The van der Waals surface area contributed by atoms with Gasteiger partial charge in [-0.1, -0.05) is 12.1 Å². The minimum atomic E-state index is -4.87. The van der Waals surface area contributed by atoms with Crippen molar-refractivity contribution in [1.82, 2.24) is 24.6 Å². The molecule has 0 atom stereocenters. The molecule has 66 heavy (non-hydrogen) atoms. The van der Waals surface area contributed by atoms with E-state index in [-0.39, 0.29) is 54.9 Å². The van der Waals surface area contributed by atoms with Gasteiger partial charge in [-0.05, 0) is 88.5 Å². The minimum Gasteiger partial charge on any atom is -0.496 e. The Hall–Kier alpha value is -5.90. The van der Waals surface area contributed by atoms with E-state index in [1.165, 1.54) is 38.2 Å². The molecule has 0 unspecified atom stereocenters. The lowest BCUT2D eigenvalue weighted by atomic mass is 9.87. The van der Waals surface area contributed by atoms with Gasteiger partial charge in [0, 0.05) is 71.3 Å². The molecule has 2 amide bonds. The number of Topliss-reactive ketones (excluding diaryl/α,β-unsaturated/α-hetero) is 3. The summed E-state index contributed by atoms with van der Waals surface area (Å²) in [6, 6.07) is 9.94. The van der Waals surface area contributed by atoms with Crippen LogP contribution in [-0.4, -0.2) is 143 Å². The Morgan fingerprint density at radius 3 is 1.70 bits per heavy atom. The van der Waals surface area contributed by atoms with Crippen molar-refractivity contribution in [3.05, 3.63) is 65.1 Å². The van der Waals surface area contributed by atoms with E-state index in [2.05, 4.69) is 10.2 Å². The summed E-state index contributed by atoms with van der Waals surface area (Å²) in [6.45, 7) is 4.14. The zero-order valence-corrected chi connectivity index (χ0v) is 37.1. The van der Waals surface area contributed by atoms with Crippen molar-refractivity contribution in [2.45, 2.75) is 64.3 Å². The molecule has 3 aliphatic heterocycles. The third-order valence-corrected chi connectivity index (χ3v) is 11.2. The second kappa shape index (κ2) is 24.0. The van der Waals surface area contributed by atoms with Gasteiger partial charge < -0.3 is 34.6 Å². The number of rotatable bonds is 9. The van der Waals surface area contributed by atoms with Gasteiger partial charge in [-0.3, -0.25) is 38.5 Å². The van der Waals surface area contributed by atoms with E-state index in [1.54, 1.807) is 42.1 Å². The van der Waals surface area contributed by atoms with Gasteiger partial charge in [0.15, 0.2) is 5.78 Å². The number of benzene rings is 2. The van der Waals surface area contributed by atoms with Gasteiger partial charge in [-0.15, -0.1) is 0 Å². The molecule has 0 bridgehead atoms. The number of ketones is 3. The van der Waals surface area contributed by atoms with Crippen molar-refractivity contribution in [2.75, 3.05) is 60.5 Å². The summed E-state index contributed by atoms with van der Waals surface area (Å²) < 4.78 is 88.9. The Labute approximate surface area is 375 Å². The van der Waals surface area contributed by atoms with Crippen LogP contribution in [0.1, 0.15) is 71.7 Å². The van der Waals surface area contributed by atoms with Crippen LogP contribution in [0, 0.1) is 23.6 Å². The van der Waals surface area contributed by atoms with Crippen LogP contribution in [0.15, 0.2) is 42.6 Å². The lowest BCUT2D eigenvalue weighted by molar-refractivity contribution is -0.187. The highest BCUT2D eigenvalue weighted by Crippen LogP contribution is 2.34. The number of carbonyl (C=O) groups excluding carboxylic acids is 5. The number of piperidine rings is 3. The molecule has 3 aromatic rings. The molecule has 0 spiro atoms. The standard InChI is InChI=1S/C27H30FN3O4.C8H10F3NO3.C6H11NO2.C3H3F3O/c1-29(2)27(34)26(33)22-16-30(3)23-14-24(35-4)21(13-20(22)23)25(32)18-9-11-31(12-10-18)15-17-5-7-19(28)8-6-17;9-8(10,11)7(15)12-3-1-5(2-4-12)6(13)14;8-6(9)5-1-3-7-4-2-5;1-2(7)3(4,5)6/h5-8,13-14,16,18H,9-12,15H2,1-4H3;5H,1-4H2,(H,13,14);5,7H,1-4H2,(H,8,9);1H3. The first-order chi connectivity index (χ1) is 30.8. The number of likely N-dealkylation sites (N-methyl/N-ethyl adjacent to an activating group) is 1. The number of ether oxygens (including phenoxy) is 1. The van der Waals surface area contributed by atoms with Crippen LogP contribution in [0.2, 0.25) is 0 Å². The Balaban J connectivity index is 0.000000303. The summed E-state index contributed by atoms with van der Waals surface area (Å²) in [5.74, 6) is -7.25. The van der Waals surface area contributed by atoms with Crippen LogP contribution in [0.25, 0.3) is 10.9 Å². The van der Waals surface area contributed by atoms with Crippen molar-refractivity contribution in [2.24, 2.45) is 24.8 Å². The number of aliphatic carboxylic acids is 2. The zero-order chi connectivity index (χ0) is 49.7. The predicted molar refractivity (Wildman–Crippen MR) is 224 cm³/mol. The number of carbonyl (C=O) groups is 7. The Kier molecular flexibility index (Phi) is 19.8. The highest BCUT2D eigenvalue weighted by Gasteiger charge is 2.44. The highest BCUT2D eigenvalue weighted by atomic mass is 19.4. The zero-order valence-electron chi connectivity index (χ0n) is 37.1. The van der Waals surface area contributed by atoms with Crippen LogP contribution in [0.3, 0.4) is 0 Å². The molecule has 0 radical (unpaired) electrons. The quantitative estimate of drug-likeness (QED) is 0.133. The van der Waals surface area contributed by atoms with E-state index in [0.717, 1.165) is 44.6 Å². The summed E-state index contributed by atoms with van der Waals surface area (Å²) in [5, 5.41) is 20.8. The molecule has 6 rings (SSSR count). The first kappa shape index (κ1) is 54.4. The number of alkyl halides is 6. The molecule has 364 valence electrons. The fourth-order valence-electron chi connectivity index (χ4n) is 7.27. The number of fused-ring (bicyclic) bond motifs is 1. The minimum absolute atomic E-state index is 0.0219. The molecular weight excluding hydrogens is 891 g/mol. The third-order valence-electron chi connectivity index (χ3n) is 11.2. The monoisotopic (exact) mass is 945 g/mol. The molecule has 3 saturated heterocycles. The molecule has 3 fully saturated rings. The number of nitrogens with zero attached hydrogens (tertiary/aromatic N) is 4. The van der Waals surface area contributed by atoms with Gasteiger partial charge in [-0.2, -0.15) is 26.3 Å². The average molecular weight is 946 g/mol. The average Bonchev–Trinajstić information content (AvgIpc) is 3.60. The molecule has 15 nitrogen and oxygen atoms in total. The molecule has 22 heteroatoms. The summed E-state index contributed by atoms with van der Waals surface area (Å²) in [7, 11) is 6.38. The van der Waals surface area contributed by atoms with E-state index in [1.807, 2.05) is 0 Å². The number of aryl methyl sites for hydroxylation is 1. The fourth-order valence-corrected chi connectivity index (χ4v) is 7.27. The van der Waals surface area contributed by atoms with Gasteiger partial charge in [0.2, 0.25) is 5.78 Å². The predicted octanol–water partition coefficient (Wildman–Crippen LogP) is 5.77. The summed E-state index contributed by atoms with van der Waals surface area (Å²) >= 11 is 0. The van der Waals surface area contributed by atoms with Crippen molar-refractivity contribution in [1.29, 1.82) is 0 Å². The number of likely N-dealkylation sites (tertiary alicyclic amines) is 2. The van der Waals surface area contributed by atoms with Crippen LogP contribution in [0.5, 0.6) is 5.75 Å². The van der Waals surface area contributed by atoms with Gasteiger partial charge >= 0.3 is 30.2 Å². The lowest BCUT2D eigenvalue weighted by Crippen LogP contribution is -2.46. The van der Waals surface area contributed by atoms with Crippen molar-refractivity contribution in [3.8, 4) is 5.75 Å². The normalized spacial score (nSPS) is 16.3. The number of carboxylic acid groups (broad SMARTS) is 2. The fraction of sp³-hybridized carbons (Fsp3) is 0.523. The molecule has 0 aliphatic carbocycles. The van der Waals surface area contributed by atoms with Crippen LogP contribution in [0.4, 0.5) is 30.7 Å². The van der Waals surface area contributed by atoms with Crippen molar-refractivity contribution in [3.63, 3.8) is 0 Å². The molecule has 0 saturated carbocycles. The van der Waals surface area contributed by atoms with Crippen LogP contribution < -0.4 is 10.1 Å². The van der Waals surface area contributed by atoms with Crippen LogP contribution >= 0.6 is 0 Å². The molecule has 2 aromatic carbocycles. The molecular formula is C44H54F7N5O10. The molecule has 4 heterocycles. The van der Waals surface area contributed by atoms with Crippen molar-refractivity contribution >= 4 is 52.0 Å². The molecule has 3 aliphatic rings. The second-order valence-electron chi connectivity index (χ2n) is 16.1. The largest absolute Gasteiger partial charge is 0.496 e. The van der Waals surface area contributed by atoms with E-state index in [9.17, 15) is 64.3 Å². The number of hydrogen-bond acceptors (Lipinski definition) is 10. The first-order valence-corrected chi connectivity index (χ1v) is 20.8. The Morgan fingerprint density at radius 1 is 0.758 bits per heavy atom. The van der Waals surface area contributed by atoms with E-state index in [4.69, 9.17) is 14.9 Å². The number of amides is 2. The van der Waals surface area contributed by atoms with E-state index >= 15 is 0 Å². The molecule has 3 N–H and O–H groups in total. The van der Waals surface area contributed by atoms with Gasteiger partial charge in [0.05, 0.1) is 35.6 Å². The van der Waals surface area contributed by atoms with Gasteiger partial charge in [-0.25, -0.2) is 4.39 Å². The van der Waals surface area contributed by atoms with E-state index < -0.39 is 53.6 Å². The van der Waals surface area contributed by atoms with Gasteiger partial charge in [0.1, 0.15) is 11.6 Å². The summed E-state index contributed by atoms with van der Waals surface area (Å²) in [4.78, 5) is 83.8. The van der Waals surface area contributed by atoms with E-state index in [0.29, 0.717) is 53.4 Å². The maximum atomic E-state index is 13.5. The van der Waals surface area contributed by atoms with Gasteiger partial charge in [0.25, 0.3) is 11.7 Å². The SMILES string of the molecule is CC(=O)C(F)(F)F.COc1cc2c(cc1C(=O)C1CCN(Cc3ccc(F)cc3)CC1)c(C(=O)C(=O)N(C)C)cn2C.O=C(O)C1CCN(C(=O)C(F)(F)F)CC1.O=C(O)C1CCNCC1. The summed E-state index contributed by atoms with van der Waals surface area (Å²) in [6.07, 6.45) is -4.76. The first-order valence-electron chi connectivity index (χ1n) is 20.8. The highest BCUT2D eigenvalue weighted by molar-refractivity contribution is 6.44. The second-order valence-corrected chi connectivity index (χ2v) is 16.1. The Bertz CT molecular complexity index is 2190. The number of methoxy groups -OCH3 is 1. The number of hydrogen-bond donors (Lipinski definition) is 3. The van der Waals surface area contributed by atoms with Crippen LogP contribution in [-0.2, 0) is 37.6 Å². The maximum absolute atomic E-state index is 13.5. The smallest absolute Gasteiger partial charge is 0.471 e. The third kappa shape index (κ3) is 15.6. The molecule has 1 aromatic heterocycles. The number of aromatic nitrogens is 1. The topological polar surface area (TPSA) is 196 Å². The summed E-state index contributed by atoms with van der Waals surface area (Å²) in [5.41, 5.74) is 2.45.